The summed E-state index contributed by atoms with van der Waals surface area (Å²) < 4.78 is 0. The second-order valence-electron chi connectivity index (χ2n) is 7.60. The number of thioether (sulfide) groups is 1. The van der Waals surface area contributed by atoms with E-state index in [0.717, 1.165) is 37.4 Å². The van der Waals surface area contributed by atoms with E-state index < -0.39 is 0 Å². The molecule has 4 rings (SSSR count). The lowest BCUT2D eigenvalue weighted by Crippen LogP contribution is -2.44. The molecule has 1 fully saturated rings. The largest absolute Gasteiger partial charge is 0.383 e. The maximum absolute atomic E-state index is 12.4. The Bertz CT molecular complexity index is 1100. The molecular weight excluding hydrogens is 460 g/mol. The number of hydrogen-bond donors (Lipinski definition) is 3. The molecule has 0 spiro atoms. The minimum atomic E-state index is -0.379. The van der Waals surface area contributed by atoms with Crippen molar-refractivity contribution in [3.63, 3.8) is 0 Å². The first-order valence-corrected chi connectivity index (χ1v) is 12.0. The van der Waals surface area contributed by atoms with Crippen molar-refractivity contribution in [2.75, 3.05) is 60.7 Å². The van der Waals surface area contributed by atoms with E-state index in [4.69, 9.17) is 17.3 Å². The summed E-state index contributed by atoms with van der Waals surface area (Å²) in [5.74, 6) is 1.25. The van der Waals surface area contributed by atoms with Crippen LogP contribution < -0.4 is 21.3 Å². The van der Waals surface area contributed by atoms with Gasteiger partial charge < -0.3 is 20.9 Å². The molecular formula is C22H25ClN8OS. The number of nitrogen functional groups attached to an aromatic ring is 1. The lowest BCUT2D eigenvalue weighted by Gasteiger charge is -2.33. The molecule has 0 saturated carbocycles. The van der Waals surface area contributed by atoms with Crippen molar-refractivity contribution in [3.8, 4) is 11.4 Å². The molecule has 1 saturated heterocycles. The standard InChI is InChI=1S/C22H25ClN8OS/c1-30-9-11-31(12-10-30)16-7-8-17(25-13-16)27-22(32)26-15-5-3-14(4-6-15)21-28-19(23)18(33-2)20(24)29-21/h3-8,13H,9-12H2,1-2H3,(H2,24,28,29)(H2,25,26,27,32). The first-order valence-electron chi connectivity index (χ1n) is 10.4. The highest BCUT2D eigenvalue weighted by molar-refractivity contribution is 7.98. The SMILES string of the molecule is CSc1c(N)nc(-c2ccc(NC(=O)Nc3ccc(N4CCN(C)CC4)cn3)cc2)nc1Cl. The first kappa shape index (κ1) is 23.1. The van der Waals surface area contributed by atoms with Crippen LogP contribution in [0.5, 0.6) is 0 Å². The number of nitrogens with zero attached hydrogens (tertiary/aromatic N) is 5. The number of pyridine rings is 1. The summed E-state index contributed by atoms with van der Waals surface area (Å²) in [4.78, 5) is 30.6. The summed E-state index contributed by atoms with van der Waals surface area (Å²) >= 11 is 7.59. The van der Waals surface area contributed by atoms with Crippen molar-refractivity contribution in [1.82, 2.24) is 19.9 Å². The normalized spacial score (nSPS) is 14.2. The van der Waals surface area contributed by atoms with Gasteiger partial charge in [0.25, 0.3) is 0 Å². The molecule has 1 aliphatic rings. The first-order chi connectivity index (χ1) is 15.9. The molecule has 172 valence electrons. The maximum Gasteiger partial charge on any atom is 0.324 e. The Morgan fingerprint density at radius 2 is 1.79 bits per heavy atom. The van der Waals surface area contributed by atoms with Gasteiger partial charge in [0.05, 0.1) is 16.8 Å². The van der Waals surface area contributed by atoms with Crippen LogP contribution >= 0.6 is 23.4 Å². The van der Waals surface area contributed by atoms with E-state index >= 15 is 0 Å². The number of carbonyl (C=O) groups is 1. The van der Waals surface area contributed by atoms with Gasteiger partial charge in [0.2, 0.25) is 0 Å². The van der Waals surface area contributed by atoms with E-state index in [1.807, 2.05) is 12.3 Å². The summed E-state index contributed by atoms with van der Waals surface area (Å²) in [7, 11) is 2.12. The molecule has 9 nitrogen and oxygen atoms in total. The van der Waals surface area contributed by atoms with Crippen LogP contribution in [0, 0.1) is 0 Å². The number of hydrogen-bond acceptors (Lipinski definition) is 8. The van der Waals surface area contributed by atoms with Gasteiger partial charge in [-0.2, -0.15) is 0 Å². The zero-order chi connectivity index (χ0) is 23.4. The molecule has 1 aromatic carbocycles. The Labute approximate surface area is 201 Å². The van der Waals surface area contributed by atoms with Crippen LogP contribution in [0.2, 0.25) is 5.15 Å². The predicted molar refractivity (Wildman–Crippen MR) is 135 cm³/mol. The number of aromatic nitrogens is 3. The van der Waals surface area contributed by atoms with Crippen molar-refractivity contribution < 1.29 is 4.79 Å². The monoisotopic (exact) mass is 484 g/mol. The molecule has 11 heteroatoms. The summed E-state index contributed by atoms with van der Waals surface area (Å²) in [6.07, 6.45) is 3.65. The number of piperazine rings is 1. The molecule has 3 aromatic rings. The molecule has 2 aromatic heterocycles. The Morgan fingerprint density at radius 3 is 2.39 bits per heavy atom. The molecule has 0 aliphatic carbocycles. The number of halogens is 1. The fourth-order valence-electron chi connectivity index (χ4n) is 3.45. The van der Waals surface area contributed by atoms with Gasteiger partial charge >= 0.3 is 6.03 Å². The minimum Gasteiger partial charge on any atom is -0.383 e. The number of amides is 2. The summed E-state index contributed by atoms with van der Waals surface area (Å²) in [5.41, 5.74) is 8.37. The third-order valence-corrected chi connectivity index (χ3v) is 6.51. The lowest BCUT2D eigenvalue weighted by atomic mass is 10.2. The average molecular weight is 485 g/mol. The number of benzene rings is 1. The van der Waals surface area contributed by atoms with Gasteiger partial charge in [-0.3, -0.25) is 5.32 Å². The Morgan fingerprint density at radius 1 is 1.06 bits per heavy atom. The van der Waals surface area contributed by atoms with Crippen LogP contribution in [0.4, 0.5) is 27.8 Å². The highest BCUT2D eigenvalue weighted by Crippen LogP contribution is 2.31. The number of nitrogens with two attached hydrogens (primary N) is 1. The van der Waals surface area contributed by atoms with E-state index in [1.54, 1.807) is 36.5 Å². The van der Waals surface area contributed by atoms with E-state index in [2.05, 4.69) is 42.4 Å². The molecule has 0 atom stereocenters. The van der Waals surface area contributed by atoms with Crippen LogP contribution in [-0.4, -0.2) is 65.4 Å². The predicted octanol–water partition coefficient (Wildman–Crippen LogP) is 3.89. The number of likely N-dealkylation sites (N-methyl/N-ethyl adjacent to an activating group) is 1. The van der Waals surface area contributed by atoms with Gasteiger partial charge in [-0.15, -0.1) is 11.8 Å². The van der Waals surface area contributed by atoms with E-state index in [9.17, 15) is 4.79 Å². The van der Waals surface area contributed by atoms with E-state index in [-0.39, 0.29) is 6.03 Å². The molecule has 1 aliphatic heterocycles. The molecule has 3 heterocycles. The molecule has 0 radical (unpaired) electrons. The van der Waals surface area contributed by atoms with Crippen molar-refractivity contribution >= 4 is 52.4 Å². The van der Waals surface area contributed by atoms with Gasteiger partial charge in [0.1, 0.15) is 16.8 Å². The third-order valence-electron chi connectivity index (χ3n) is 5.31. The molecule has 4 N–H and O–H groups in total. The number of rotatable bonds is 5. The average Bonchev–Trinajstić information content (AvgIpc) is 2.80. The van der Waals surface area contributed by atoms with Crippen molar-refractivity contribution in [2.45, 2.75) is 4.90 Å². The third kappa shape index (κ3) is 5.65. The van der Waals surface area contributed by atoms with Crippen molar-refractivity contribution in [1.29, 1.82) is 0 Å². The molecule has 33 heavy (non-hydrogen) atoms. The molecule has 2 amide bonds. The number of nitrogens with one attached hydrogen (secondary N) is 2. The van der Waals surface area contributed by atoms with Crippen LogP contribution in [0.25, 0.3) is 11.4 Å². The van der Waals surface area contributed by atoms with Gasteiger partial charge in [-0.05, 0) is 49.7 Å². The highest BCUT2D eigenvalue weighted by atomic mass is 35.5. The molecule has 0 bridgehead atoms. The topological polar surface area (TPSA) is 112 Å². The van der Waals surface area contributed by atoms with Crippen LogP contribution in [0.3, 0.4) is 0 Å². The summed E-state index contributed by atoms with van der Waals surface area (Å²) in [6, 6.07) is 10.5. The number of urea groups is 1. The van der Waals surface area contributed by atoms with Gasteiger partial charge in [-0.25, -0.2) is 19.7 Å². The maximum atomic E-state index is 12.4. The molecule has 0 unspecified atom stereocenters. The smallest absolute Gasteiger partial charge is 0.324 e. The second-order valence-corrected chi connectivity index (χ2v) is 8.78. The van der Waals surface area contributed by atoms with Gasteiger partial charge in [0, 0.05) is 37.4 Å². The highest BCUT2D eigenvalue weighted by Gasteiger charge is 2.15. The van der Waals surface area contributed by atoms with Crippen LogP contribution in [0.15, 0.2) is 47.5 Å². The minimum absolute atomic E-state index is 0.317. The zero-order valence-electron chi connectivity index (χ0n) is 18.4. The lowest BCUT2D eigenvalue weighted by molar-refractivity contribution is 0.262. The fourth-order valence-corrected chi connectivity index (χ4v) is 4.33. The Balaban J connectivity index is 1.35. The van der Waals surface area contributed by atoms with Crippen molar-refractivity contribution in [2.24, 2.45) is 0 Å². The Kier molecular flexibility index (Phi) is 7.17. The van der Waals surface area contributed by atoms with Gasteiger partial charge in [-0.1, -0.05) is 11.6 Å². The van der Waals surface area contributed by atoms with Gasteiger partial charge in [0.15, 0.2) is 5.82 Å². The van der Waals surface area contributed by atoms with Crippen LogP contribution in [-0.2, 0) is 0 Å². The fraction of sp³-hybridized carbons (Fsp3) is 0.273. The summed E-state index contributed by atoms with van der Waals surface area (Å²) in [6.45, 7) is 3.98. The Hall–Kier alpha value is -3.08. The second kappa shape index (κ2) is 10.2. The van der Waals surface area contributed by atoms with Crippen LogP contribution in [0.1, 0.15) is 0 Å². The quantitative estimate of drug-likeness (QED) is 0.369. The number of carbonyl (C=O) groups excluding carboxylic acids is 1. The van der Waals surface area contributed by atoms with E-state index in [0.29, 0.717) is 33.2 Å². The summed E-state index contributed by atoms with van der Waals surface area (Å²) in [5, 5.41) is 5.86. The van der Waals surface area contributed by atoms with Crippen molar-refractivity contribution in [3.05, 3.63) is 47.7 Å². The van der Waals surface area contributed by atoms with E-state index in [1.165, 1.54) is 11.8 Å². The zero-order valence-corrected chi connectivity index (χ0v) is 20.0. The number of anilines is 4.